The molecule has 0 radical (unpaired) electrons. The summed E-state index contributed by atoms with van der Waals surface area (Å²) >= 11 is 5.92. The molecule has 5 nitrogen and oxygen atoms in total. The van der Waals surface area contributed by atoms with Crippen molar-refractivity contribution in [3.63, 3.8) is 0 Å². The van der Waals surface area contributed by atoms with Crippen molar-refractivity contribution in [3.05, 3.63) is 64.9 Å². The Hall–Kier alpha value is -2.73. The lowest BCUT2D eigenvalue weighted by Gasteiger charge is -2.06. The second-order valence-electron chi connectivity index (χ2n) is 5.80. The summed E-state index contributed by atoms with van der Waals surface area (Å²) in [5.41, 5.74) is 1.64. The highest BCUT2D eigenvalue weighted by Crippen LogP contribution is 2.21. The lowest BCUT2D eigenvalue weighted by atomic mass is 10.2. The number of benzene rings is 2. The molecule has 0 amide bonds. The summed E-state index contributed by atoms with van der Waals surface area (Å²) in [5.74, 6) is 0.368. The molecule has 0 saturated heterocycles. The van der Waals surface area contributed by atoms with Crippen LogP contribution in [0, 0.1) is 5.82 Å². The molecule has 7 heteroatoms. The molecule has 1 aromatic heterocycles. The van der Waals surface area contributed by atoms with Gasteiger partial charge in [0.05, 0.1) is 0 Å². The van der Waals surface area contributed by atoms with Gasteiger partial charge >= 0.3 is 0 Å². The zero-order valence-corrected chi connectivity index (χ0v) is 15.0. The Balaban J connectivity index is 1.87. The van der Waals surface area contributed by atoms with E-state index in [-0.39, 0.29) is 11.7 Å². The second-order valence-corrected chi connectivity index (χ2v) is 6.24. The minimum Gasteiger partial charge on any atom is -0.350 e. The number of halogens is 2. The van der Waals surface area contributed by atoms with Gasteiger partial charge in [0.15, 0.2) is 5.82 Å². The smallest absolute Gasteiger partial charge is 0.250 e. The first kappa shape index (κ1) is 18.1. The van der Waals surface area contributed by atoms with Crippen molar-refractivity contribution in [2.45, 2.75) is 26.3 Å². The van der Waals surface area contributed by atoms with E-state index < -0.39 is 0 Å². The molecule has 0 bridgehead atoms. The maximum absolute atomic E-state index is 13.0. The average molecular weight is 373 g/mol. The highest BCUT2D eigenvalue weighted by atomic mass is 35.5. The Kier molecular flexibility index (Phi) is 5.63. The maximum atomic E-state index is 13.0. The lowest BCUT2D eigenvalue weighted by molar-refractivity contribution is 0.0888. The number of nitrogens with one attached hydrogen (secondary N) is 1. The summed E-state index contributed by atoms with van der Waals surface area (Å²) in [7, 11) is 0. The Bertz CT molecular complexity index is 891. The van der Waals surface area contributed by atoms with Crippen molar-refractivity contribution in [1.82, 2.24) is 14.8 Å². The van der Waals surface area contributed by atoms with Gasteiger partial charge in [0, 0.05) is 23.6 Å². The second kappa shape index (κ2) is 8.10. The van der Waals surface area contributed by atoms with Crippen LogP contribution in [0.15, 0.2) is 48.5 Å². The lowest BCUT2D eigenvalue weighted by Crippen LogP contribution is -2.16. The Morgan fingerprint density at radius 1 is 1.15 bits per heavy atom. The molecule has 0 fully saturated rings. The van der Waals surface area contributed by atoms with E-state index in [1.807, 2.05) is 6.92 Å². The van der Waals surface area contributed by atoms with Crippen LogP contribution in [0.2, 0.25) is 5.02 Å². The van der Waals surface area contributed by atoms with E-state index in [0.717, 1.165) is 11.1 Å². The first-order valence-electron chi connectivity index (χ1n) is 8.31. The van der Waals surface area contributed by atoms with E-state index in [1.165, 1.54) is 16.8 Å². The van der Waals surface area contributed by atoms with Crippen LogP contribution in [0.3, 0.4) is 0 Å². The van der Waals surface area contributed by atoms with Crippen LogP contribution in [-0.4, -0.2) is 20.7 Å². The Morgan fingerprint density at radius 2 is 1.85 bits per heavy atom. The van der Waals surface area contributed by atoms with E-state index >= 15 is 0 Å². The molecule has 1 heterocycles. The van der Waals surface area contributed by atoms with Crippen LogP contribution in [0.1, 0.15) is 30.1 Å². The van der Waals surface area contributed by atoms with E-state index in [4.69, 9.17) is 11.6 Å². The van der Waals surface area contributed by atoms with E-state index in [2.05, 4.69) is 15.4 Å². The number of carbonyl (C=O) groups excluding carboxylic acids is 1. The monoisotopic (exact) mass is 372 g/mol. The molecule has 3 rings (SSSR count). The molecule has 1 N–H and O–H groups in total. The first-order valence-corrected chi connectivity index (χ1v) is 8.69. The zero-order valence-electron chi connectivity index (χ0n) is 14.2. The van der Waals surface area contributed by atoms with E-state index in [0.29, 0.717) is 36.2 Å². The largest absolute Gasteiger partial charge is 0.350 e. The molecule has 0 unspecified atom stereocenters. The number of hydrogen-bond acceptors (Lipinski definition) is 4. The summed E-state index contributed by atoms with van der Waals surface area (Å²) in [6, 6.07) is 13.2. The maximum Gasteiger partial charge on any atom is 0.250 e. The van der Waals surface area contributed by atoms with Crippen molar-refractivity contribution in [3.8, 4) is 11.4 Å². The van der Waals surface area contributed by atoms with Crippen molar-refractivity contribution >= 4 is 23.5 Å². The standard InChI is InChI=1S/C19H18ClFN4O/c1-2-3-17(26)25-19(22-12-13-4-10-16(21)11-5-13)23-18(24-25)14-6-8-15(20)9-7-14/h4-11H,2-3,12H2,1H3,(H,22,23,24). The summed E-state index contributed by atoms with van der Waals surface area (Å²) in [6.07, 6.45) is 1.08. The third kappa shape index (κ3) is 4.26. The first-order chi connectivity index (χ1) is 12.6. The predicted octanol–water partition coefficient (Wildman–Crippen LogP) is 4.79. The summed E-state index contributed by atoms with van der Waals surface area (Å²) in [5, 5.41) is 8.07. The number of rotatable bonds is 6. The molecule has 0 aliphatic heterocycles. The minimum absolute atomic E-state index is 0.137. The van der Waals surface area contributed by atoms with Crippen LogP contribution >= 0.6 is 11.6 Å². The van der Waals surface area contributed by atoms with Crippen LogP contribution in [0.25, 0.3) is 11.4 Å². The Labute approximate surface area is 155 Å². The zero-order chi connectivity index (χ0) is 18.5. The topological polar surface area (TPSA) is 59.8 Å². The third-order valence-electron chi connectivity index (χ3n) is 3.77. The normalized spacial score (nSPS) is 10.7. The fraction of sp³-hybridized carbons (Fsp3) is 0.211. The van der Waals surface area contributed by atoms with Gasteiger partial charge in [0.2, 0.25) is 11.9 Å². The number of hydrogen-bond donors (Lipinski definition) is 1. The average Bonchev–Trinajstić information content (AvgIpc) is 3.06. The van der Waals surface area contributed by atoms with Gasteiger partial charge in [-0.1, -0.05) is 30.7 Å². The van der Waals surface area contributed by atoms with Gasteiger partial charge in [-0.15, -0.1) is 5.10 Å². The molecule has 0 saturated carbocycles. The van der Waals surface area contributed by atoms with Gasteiger partial charge in [-0.2, -0.15) is 9.67 Å². The van der Waals surface area contributed by atoms with Gasteiger partial charge in [-0.3, -0.25) is 4.79 Å². The van der Waals surface area contributed by atoms with Crippen molar-refractivity contribution in [2.75, 3.05) is 5.32 Å². The summed E-state index contributed by atoms with van der Waals surface area (Å²) < 4.78 is 14.3. The SMILES string of the molecule is CCCC(=O)n1nc(-c2ccc(Cl)cc2)nc1NCc1ccc(F)cc1. The molecule has 0 atom stereocenters. The number of anilines is 1. The summed E-state index contributed by atoms with van der Waals surface area (Å²) in [4.78, 5) is 16.8. The highest BCUT2D eigenvalue weighted by Gasteiger charge is 2.16. The van der Waals surface area contributed by atoms with Crippen molar-refractivity contribution < 1.29 is 9.18 Å². The van der Waals surface area contributed by atoms with Crippen LogP contribution in [0.4, 0.5) is 10.3 Å². The van der Waals surface area contributed by atoms with Crippen LogP contribution < -0.4 is 5.32 Å². The van der Waals surface area contributed by atoms with Gasteiger partial charge in [-0.25, -0.2) is 4.39 Å². The summed E-state index contributed by atoms with van der Waals surface area (Å²) in [6.45, 7) is 2.33. The molecular formula is C19H18ClFN4O. The fourth-order valence-corrected chi connectivity index (χ4v) is 2.55. The molecule has 0 aliphatic carbocycles. The fourth-order valence-electron chi connectivity index (χ4n) is 2.42. The van der Waals surface area contributed by atoms with E-state index in [9.17, 15) is 9.18 Å². The van der Waals surface area contributed by atoms with Gasteiger partial charge < -0.3 is 5.32 Å². The van der Waals surface area contributed by atoms with Crippen LogP contribution in [0.5, 0.6) is 0 Å². The number of carbonyl (C=O) groups is 1. The van der Waals surface area contributed by atoms with E-state index in [1.54, 1.807) is 36.4 Å². The molecule has 26 heavy (non-hydrogen) atoms. The molecule has 134 valence electrons. The van der Waals surface area contributed by atoms with Crippen molar-refractivity contribution in [1.29, 1.82) is 0 Å². The Morgan fingerprint density at radius 3 is 2.50 bits per heavy atom. The molecule has 2 aromatic carbocycles. The van der Waals surface area contributed by atoms with Gasteiger partial charge in [0.25, 0.3) is 0 Å². The molecular weight excluding hydrogens is 355 g/mol. The minimum atomic E-state index is -0.292. The highest BCUT2D eigenvalue weighted by molar-refractivity contribution is 6.30. The van der Waals surface area contributed by atoms with Crippen molar-refractivity contribution in [2.24, 2.45) is 0 Å². The predicted molar refractivity (Wildman–Crippen MR) is 99.7 cm³/mol. The quantitative estimate of drug-likeness (QED) is 0.675. The number of aromatic nitrogens is 3. The molecule has 3 aromatic rings. The van der Waals surface area contributed by atoms with Gasteiger partial charge in [0.1, 0.15) is 5.82 Å². The van der Waals surface area contributed by atoms with Gasteiger partial charge in [-0.05, 0) is 48.4 Å². The molecule has 0 aliphatic rings. The third-order valence-corrected chi connectivity index (χ3v) is 4.03. The molecule has 0 spiro atoms. The van der Waals surface area contributed by atoms with Crippen LogP contribution in [-0.2, 0) is 6.54 Å². The number of nitrogens with zero attached hydrogens (tertiary/aromatic N) is 3.